The molecule has 5 nitrogen and oxygen atoms in total. The molecule has 170 valence electrons. The van der Waals surface area contributed by atoms with E-state index in [1.807, 2.05) is 24.3 Å². The summed E-state index contributed by atoms with van der Waals surface area (Å²) in [7, 11) is -3.73. The summed E-state index contributed by atoms with van der Waals surface area (Å²) in [5, 5.41) is 3.37. The van der Waals surface area contributed by atoms with E-state index in [-0.39, 0.29) is 27.4 Å². The minimum absolute atomic E-state index is 0.0488. The average molecular weight is 473 g/mol. The number of carbonyl (C=O) groups excluding carboxylic acids is 1. The van der Waals surface area contributed by atoms with Crippen molar-refractivity contribution in [2.75, 3.05) is 6.54 Å². The average Bonchev–Trinajstić information content (AvgIpc) is 3.42. The highest BCUT2D eigenvalue weighted by atomic mass is 35.5. The van der Waals surface area contributed by atoms with Gasteiger partial charge >= 0.3 is 0 Å². The summed E-state index contributed by atoms with van der Waals surface area (Å²) in [5.74, 6) is 1.69. The van der Waals surface area contributed by atoms with E-state index >= 15 is 0 Å². The number of fused-ring (bicyclic) bond motifs is 3. The highest BCUT2D eigenvalue weighted by Gasteiger charge is 2.42. The van der Waals surface area contributed by atoms with Gasteiger partial charge in [0.25, 0.3) is 5.91 Å². The molecule has 1 heterocycles. The quantitative estimate of drug-likeness (QED) is 0.689. The summed E-state index contributed by atoms with van der Waals surface area (Å²) in [5.41, 5.74) is 2.43. The molecule has 4 atom stereocenters. The van der Waals surface area contributed by atoms with Crippen molar-refractivity contribution in [1.82, 2.24) is 9.62 Å². The molecule has 0 radical (unpaired) electrons. The van der Waals surface area contributed by atoms with Crippen LogP contribution in [-0.2, 0) is 23.0 Å². The Morgan fingerprint density at radius 3 is 2.62 bits per heavy atom. The molecule has 4 unspecified atom stereocenters. The van der Waals surface area contributed by atoms with Crippen LogP contribution in [0.15, 0.2) is 47.4 Å². The Kier molecular flexibility index (Phi) is 5.81. The van der Waals surface area contributed by atoms with E-state index in [0.717, 1.165) is 11.5 Å². The lowest BCUT2D eigenvalue weighted by molar-refractivity contribution is 0.0915. The summed E-state index contributed by atoms with van der Waals surface area (Å²) in [6, 6.07) is 12.4. The third kappa shape index (κ3) is 3.97. The number of hydrogen-bond acceptors (Lipinski definition) is 3. The zero-order valence-corrected chi connectivity index (χ0v) is 19.8. The Hall–Kier alpha value is -1.89. The van der Waals surface area contributed by atoms with Crippen molar-refractivity contribution in [2.24, 2.45) is 17.8 Å². The third-order valence-corrected chi connectivity index (χ3v) is 9.88. The molecule has 5 rings (SSSR count). The highest BCUT2D eigenvalue weighted by molar-refractivity contribution is 7.89. The maximum absolute atomic E-state index is 13.4. The minimum Gasteiger partial charge on any atom is -0.349 e. The van der Waals surface area contributed by atoms with Gasteiger partial charge in [-0.15, -0.1) is 0 Å². The second kappa shape index (κ2) is 8.47. The van der Waals surface area contributed by atoms with Crippen molar-refractivity contribution in [2.45, 2.75) is 56.5 Å². The number of amides is 1. The number of sulfonamides is 1. The molecule has 3 aliphatic rings. The van der Waals surface area contributed by atoms with E-state index in [2.05, 4.69) is 12.2 Å². The Morgan fingerprint density at radius 2 is 1.91 bits per heavy atom. The number of nitrogens with one attached hydrogen (secondary N) is 1. The van der Waals surface area contributed by atoms with Gasteiger partial charge in [-0.1, -0.05) is 42.3 Å². The van der Waals surface area contributed by atoms with Crippen molar-refractivity contribution in [1.29, 1.82) is 0 Å². The molecule has 2 saturated carbocycles. The van der Waals surface area contributed by atoms with Crippen molar-refractivity contribution in [3.05, 3.63) is 64.2 Å². The first-order valence-corrected chi connectivity index (χ1v) is 13.3. The standard InChI is InChI=1S/C25H29ClN2O3S/c1-16(22-13-17-6-7-19(22)12-17)27-25(29)23-14-21(8-9-24(23)26)32(30,31)28-11-10-18-4-2-3-5-20(18)15-28/h2-5,8-9,14,16-17,19,22H,6-7,10-13,15H2,1H3,(H,27,29). The lowest BCUT2D eigenvalue weighted by Crippen LogP contribution is -2.40. The smallest absolute Gasteiger partial charge is 0.253 e. The van der Waals surface area contributed by atoms with Crippen molar-refractivity contribution in [3.8, 4) is 0 Å². The van der Waals surface area contributed by atoms with Gasteiger partial charge in [0.1, 0.15) is 0 Å². The predicted molar refractivity (Wildman–Crippen MR) is 125 cm³/mol. The fourth-order valence-electron chi connectivity index (χ4n) is 5.96. The van der Waals surface area contributed by atoms with Gasteiger partial charge in [-0.25, -0.2) is 8.42 Å². The molecule has 0 saturated heterocycles. The molecule has 2 aromatic rings. The van der Waals surface area contributed by atoms with Gasteiger partial charge in [0.15, 0.2) is 0 Å². The van der Waals surface area contributed by atoms with Crippen molar-refractivity contribution in [3.63, 3.8) is 0 Å². The largest absolute Gasteiger partial charge is 0.349 e. The highest BCUT2D eigenvalue weighted by Crippen LogP contribution is 2.49. The topological polar surface area (TPSA) is 66.5 Å². The van der Waals surface area contributed by atoms with Crippen LogP contribution in [0.1, 0.15) is 54.1 Å². The van der Waals surface area contributed by atoms with Crippen molar-refractivity contribution >= 4 is 27.5 Å². The molecule has 1 amide bonds. The normalized spacial score (nSPS) is 26.0. The monoisotopic (exact) mass is 472 g/mol. The minimum atomic E-state index is -3.73. The third-order valence-electron chi connectivity index (χ3n) is 7.71. The Balaban J connectivity index is 1.34. The van der Waals surface area contributed by atoms with E-state index < -0.39 is 10.0 Å². The van der Waals surface area contributed by atoms with Crippen LogP contribution in [-0.4, -0.2) is 31.2 Å². The number of rotatable bonds is 5. The van der Waals surface area contributed by atoms with Crippen LogP contribution < -0.4 is 5.32 Å². The summed E-state index contributed by atoms with van der Waals surface area (Å²) in [4.78, 5) is 13.2. The van der Waals surface area contributed by atoms with Gasteiger partial charge in [0, 0.05) is 19.1 Å². The van der Waals surface area contributed by atoms with Gasteiger partial charge in [0.05, 0.1) is 15.5 Å². The molecule has 32 heavy (non-hydrogen) atoms. The lowest BCUT2D eigenvalue weighted by atomic mass is 9.84. The van der Waals surface area contributed by atoms with Crippen LogP contribution in [0.4, 0.5) is 0 Å². The van der Waals surface area contributed by atoms with Gasteiger partial charge in [-0.3, -0.25) is 4.79 Å². The van der Waals surface area contributed by atoms with Gasteiger partial charge in [0.2, 0.25) is 10.0 Å². The summed E-state index contributed by atoms with van der Waals surface area (Å²) < 4.78 is 28.2. The first kappa shape index (κ1) is 21.9. The van der Waals surface area contributed by atoms with Gasteiger partial charge in [-0.05, 0) is 79.7 Å². The molecule has 2 bridgehead atoms. The molecular formula is C25H29ClN2O3S. The van der Waals surface area contributed by atoms with E-state index in [1.54, 1.807) is 0 Å². The second-order valence-electron chi connectivity index (χ2n) is 9.60. The Morgan fingerprint density at radius 1 is 1.12 bits per heavy atom. The van der Waals surface area contributed by atoms with E-state index in [9.17, 15) is 13.2 Å². The molecule has 1 N–H and O–H groups in total. The molecule has 2 fully saturated rings. The molecule has 0 spiro atoms. The van der Waals surface area contributed by atoms with Gasteiger partial charge < -0.3 is 5.32 Å². The number of hydrogen-bond donors (Lipinski definition) is 1. The lowest BCUT2D eigenvalue weighted by Gasteiger charge is -2.29. The molecule has 2 aliphatic carbocycles. The number of nitrogens with zero attached hydrogens (tertiary/aromatic N) is 1. The van der Waals surface area contributed by atoms with Crippen LogP contribution in [0.3, 0.4) is 0 Å². The molecule has 1 aliphatic heterocycles. The van der Waals surface area contributed by atoms with E-state index in [1.165, 1.54) is 53.8 Å². The van der Waals surface area contributed by atoms with Crippen LogP contribution in [0, 0.1) is 17.8 Å². The molecule has 2 aromatic carbocycles. The number of carbonyl (C=O) groups is 1. The summed E-state index contributed by atoms with van der Waals surface area (Å²) in [6.07, 6.45) is 5.69. The van der Waals surface area contributed by atoms with Crippen LogP contribution >= 0.6 is 11.6 Å². The van der Waals surface area contributed by atoms with Crippen LogP contribution in [0.2, 0.25) is 5.02 Å². The summed E-state index contributed by atoms with van der Waals surface area (Å²) in [6.45, 7) is 2.82. The second-order valence-corrected chi connectivity index (χ2v) is 11.9. The molecule has 7 heteroatoms. The maximum Gasteiger partial charge on any atom is 0.253 e. The molecule has 0 aromatic heterocycles. The zero-order chi connectivity index (χ0) is 22.5. The Labute approximate surface area is 195 Å². The van der Waals surface area contributed by atoms with E-state index in [4.69, 9.17) is 11.6 Å². The first-order chi connectivity index (χ1) is 15.3. The molecular weight excluding hydrogens is 444 g/mol. The Bertz CT molecular complexity index is 1150. The van der Waals surface area contributed by atoms with Crippen LogP contribution in [0.25, 0.3) is 0 Å². The maximum atomic E-state index is 13.4. The van der Waals surface area contributed by atoms with Crippen LogP contribution in [0.5, 0.6) is 0 Å². The van der Waals surface area contributed by atoms with E-state index in [0.29, 0.717) is 31.3 Å². The predicted octanol–water partition coefficient (Wildman–Crippen LogP) is 4.64. The first-order valence-electron chi connectivity index (χ1n) is 11.5. The number of benzene rings is 2. The zero-order valence-electron chi connectivity index (χ0n) is 18.3. The fraction of sp³-hybridized carbons (Fsp3) is 0.480. The van der Waals surface area contributed by atoms with Crippen molar-refractivity contribution < 1.29 is 13.2 Å². The number of halogens is 1. The SMILES string of the molecule is CC(NC(=O)c1cc(S(=O)(=O)N2CCc3ccccc3C2)ccc1Cl)C1CC2CCC1C2. The summed E-state index contributed by atoms with van der Waals surface area (Å²) >= 11 is 6.33. The van der Waals surface area contributed by atoms with Gasteiger partial charge in [-0.2, -0.15) is 4.31 Å². The fourth-order valence-corrected chi connectivity index (χ4v) is 7.61.